The third-order valence-electron chi connectivity index (χ3n) is 8.07. The largest absolute Gasteiger partial charge is 0.422 e. The van der Waals surface area contributed by atoms with Crippen LogP contribution in [0.4, 0.5) is 11.6 Å². The molecule has 4 rings (SSSR count). The van der Waals surface area contributed by atoms with Crippen molar-refractivity contribution >= 4 is 29.1 Å². The predicted molar refractivity (Wildman–Crippen MR) is 152 cm³/mol. The molecular weight excluding hydrogens is 464 g/mol. The van der Waals surface area contributed by atoms with Crippen molar-refractivity contribution in [3.05, 3.63) is 17.7 Å². The molecule has 0 aromatic carbocycles. The highest BCUT2D eigenvalue weighted by Gasteiger charge is 2.29. The van der Waals surface area contributed by atoms with E-state index in [1.807, 2.05) is 12.1 Å². The van der Waals surface area contributed by atoms with Crippen molar-refractivity contribution in [1.29, 1.82) is 16.2 Å². The lowest BCUT2D eigenvalue weighted by Crippen LogP contribution is -2.49. The van der Waals surface area contributed by atoms with E-state index in [-0.39, 0.29) is 23.5 Å². The van der Waals surface area contributed by atoms with E-state index in [2.05, 4.69) is 20.0 Å². The fourth-order valence-corrected chi connectivity index (χ4v) is 5.85. The average Bonchev–Trinajstić information content (AvgIpc) is 2.91. The lowest BCUT2D eigenvalue weighted by molar-refractivity contribution is 0.139. The standard InChI is InChI=1S/C28H46N8O/c1-32-28-22(13-14-24(33-28)36-18-9-3-2-4-10-19-36)25(29)27(31)37-26(30)23-12-6-11-17-35(23)21-20-34-15-7-5-8-16-34/h13-14,23,29-31H,2-12,15-21H2,1H3,(H,32,33). The molecule has 0 radical (unpaired) electrons. The first-order valence-corrected chi connectivity index (χ1v) is 14.4. The first-order valence-electron chi connectivity index (χ1n) is 14.4. The number of pyridine rings is 1. The minimum absolute atomic E-state index is 0.0449. The second kappa shape index (κ2) is 13.9. The number of rotatable bonds is 8. The van der Waals surface area contributed by atoms with Crippen molar-refractivity contribution in [2.45, 2.75) is 76.7 Å². The predicted octanol–water partition coefficient (Wildman–Crippen LogP) is 4.57. The normalized spacial score (nSPS) is 22.1. The number of nitrogens with zero attached hydrogens (tertiary/aromatic N) is 4. The van der Waals surface area contributed by atoms with Crippen LogP contribution in [0.15, 0.2) is 12.1 Å². The fourth-order valence-electron chi connectivity index (χ4n) is 5.85. The van der Waals surface area contributed by atoms with Crippen molar-refractivity contribution in [3.8, 4) is 0 Å². The van der Waals surface area contributed by atoms with Gasteiger partial charge in [-0.25, -0.2) is 4.98 Å². The van der Waals surface area contributed by atoms with Crippen LogP contribution in [0.5, 0.6) is 0 Å². The number of ether oxygens (including phenoxy) is 1. The molecule has 0 spiro atoms. The Balaban J connectivity index is 1.37. The van der Waals surface area contributed by atoms with Crippen LogP contribution in [0.3, 0.4) is 0 Å². The highest BCUT2D eigenvalue weighted by Crippen LogP contribution is 2.24. The van der Waals surface area contributed by atoms with Gasteiger partial charge in [0.25, 0.3) is 0 Å². The Bertz CT molecular complexity index is 921. The number of hydrogen-bond donors (Lipinski definition) is 4. The summed E-state index contributed by atoms with van der Waals surface area (Å²) in [4.78, 5) is 12.0. The van der Waals surface area contributed by atoms with Crippen molar-refractivity contribution < 1.29 is 4.74 Å². The van der Waals surface area contributed by atoms with Gasteiger partial charge in [0, 0.05) is 38.8 Å². The Hall–Kier alpha value is -2.52. The molecule has 0 amide bonds. The van der Waals surface area contributed by atoms with Gasteiger partial charge in [0.2, 0.25) is 11.8 Å². The molecule has 37 heavy (non-hydrogen) atoms. The third-order valence-corrected chi connectivity index (χ3v) is 8.07. The Kier molecular flexibility index (Phi) is 10.3. The van der Waals surface area contributed by atoms with Gasteiger partial charge in [0.15, 0.2) is 0 Å². The summed E-state index contributed by atoms with van der Waals surface area (Å²) in [5.74, 6) is 1.29. The molecule has 1 aromatic rings. The van der Waals surface area contributed by atoms with E-state index in [9.17, 15) is 0 Å². The molecule has 0 aliphatic carbocycles. The maximum Gasteiger partial charge on any atom is 0.239 e. The van der Waals surface area contributed by atoms with Crippen LogP contribution in [-0.2, 0) is 4.74 Å². The summed E-state index contributed by atoms with van der Waals surface area (Å²) in [5.41, 5.74) is 0.484. The van der Waals surface area contributed by atoms with Gasteiger partial charge in [0.05, 0.1) is 6.04 Å². The Morgan fingerprint density at radius 3 is 2.24 bits per heavy atom. The van der Waals surface area contributed by atoms with Crippen molar-refractivity contribution in [1.82, 2.24) is 14.8 Å². The van der Waals surface area contributed by atoms with Crippen LogP contribution in [0.1, 0.15) is 76.2 Å². The van der Waals surface area contributed by atoms with Gasteiger partial charge in [-0.1, -0.05) is 32.1 Å². The van der Waals surface area contributed by atoms with E-state index < -0.39 is 0 Å². The topological polar surface area (TPSA) is 115 Å². The molecule has 4 heterocycles. The zero-order valence-corrected chi connectivity index (χ0v) is 22.7. The molecule has 4 N–H and O–H groups in total. The average molecular weight is 511 g/mol. The summed E-state index contributed by atoms with van der Waals surface area (Å²) in [6.07, 6.45) is 13.1. The summed E-state index contributed by atoms with van der Waals surface area (Å²) >= 11 is 0. The van der Waals surface area contributed by atoms with Crippen LogP contribution in [0.25, 0.3) is 0 Å². The molecular formula is C28H46N8O. The van der Waals surface area contributed by atoms with Crippen molar-refractivity contribution in [3.63, 3.8) is 0 Å². The van der Waals surface area contributed by atoms with E-state index in [1.54, 1.807) is 7.05 Å². The zero-order valence-electron chi connectivity index (χ0n) is 22.7. The SMILES string of the molecule is CNc1nc(N2CCCCCCC2)ccc1C(=N)C(=N)OC(=N)C1CCCCN1CCN1CCCCC1. The number of anilines is 2. The number of hydrogen-bond acceptors (Lipinski definition) is 9. The molecule has 0 saturated carbocycles. The zero-order chi connectivity index (χ0) is 26.0. The second-order valence-electron chi connectivity index (χ2n) is 10.7. The van der Waals surface area contributed by atoms with Gasteiger partial charge in [-0.15, -0.1) is 0 Å². The molecule has 9 nitrogen and oxygen atoms in total. The van der Waals surface area contributed by atoms with Crippen LogP contribution < -0.4 is 10.2 Å². The van der Waals surface area contributed by atoms with Crippen LogP contribution >= 0.6 is 0 Å². The molecule has 3 fully saturated rings. The van der Waals surface area contributed by atoms with Crippen LogP contribution in [0, 0.1) is 16.2 Å². The summed E-state index contributed by atoms with van der Waals surface area (Å²) in [6, 6.07) is 3.69. The molecule has 1 unspecified atom stereocenters. The van der Waals surface area contributed by atoms with Crippen LogP contribution in [-0.4, -0.2) is 91.2 Å². The molecule has 9 heteroatoms. The third kappa shape index (κ3) is 7.51. The van der Waals surface area contributed by atoms with Gasteiger partial charge in [-0.3, -0.25) is 21.1 Å². The minimum Gasteiger partial charge on any atom is -0.422 e. The first-order chi connectivity index (χ1) is 18.1. The Labute approximate surface area is 222 Å². The van der Waals surface area contributed by atoms with Crippen molar-refractivity contribution in [2.75, 3.05) is 63.1 Å². The molecule has 1 aromatic heterocycles. The summed E-state index contributed by atoms with van der Waals surface area (Å²) < 4.78 is 5.73. The molecule has 3 aliphatic rings. The fraction of sp³-hybridized carbons (Fsp3) is 0.714. The number of nitrogens with one attached hydrogen (secondary N) is 4. The molecule has 3 aliphatic heterocycles. The molecule has 0 bridgehead atoms. The number of aromatic nitrogens is 1. The van der Waals surface area contributed by atoms with Gasteiger partial charge < -0.3 is 19.9 Å². The van der Waals surface area contributed by atoms with E-state index in [0.29, 0.717) is 11.4 Å². The lowest BCUT2D eigenvalue weighted by Gasteiger charge is -2.37. The lowest BCUT2D eigenvalue weighted by atomic mass is 10.0. The van der Waals surface area contributed by atoms with Gasteiger partial charge >= 0.3 is 0 Å². The molecule has 204 valence electrons. The van der Waals surface area contributed by atoms with E-state index in [4.69, 9.17) is 25.9 Å². The summed E-state index contributed by atoms with van der Waals surface area (Å²) in [6.45, 7) is 7.25. The quantitative estimate of drug-likeness (QED) is 0.301. The van der Waals surface area contributed by atoms with E-state index >= 15 is 0 Å². The minimum atomic E-state index is -0.288. The Morgan fingerprint density at radius 1 is 0.865 bits per heavy atom. The smallest absolute Gasteiger partial charge is 0.239 e. The number of likely N-dealkylation sites (tertiary alicyclic amines) is 2. The Morgan fingerprint density at radius 2 is 1.51 bits per heavy atom. The van der Waals surface area contributed by atoms with Gasteiger partial charge in [0.1, 0.15) is 17.3 Å². The molecule has 1 atom stereocenters. The summed E-state index contributed by atoms with van der Waals surface area (Å²) in [5, 5.41) is 29.0. The monoisotopic (exact) mass is 510 g/mol. The van der Waals surface area contributed by atoms with E-state index in [0.717, 1.165) is 57.8 Å². The second-order valence-corrected chi connectivity index (χ2v) is 10.7. The molecule has 3 saturated heterocycles. The maximum atomic E-state index is 8.67. The highest BCUT2D eigenvalue weighted by atomic mass is 16.5. The van der Waals surface area contributed by atoms with E-state index in [1.165, 1.54) is 64.5 Å². The number of piperidine rings is 2. The summed E-state index contributed by atoms with van der Waals surface area (Å²) in [7, 11) is 1.80. The van der Waals surface area contributed by atoms with Crippen molar-refractivity contribution in [2.24, 2.45) is 0 Å². The van der Waals surface area contributed by atoms with Crippen LogP contribution in [0.2, 0.25) is 0 Å². The highest BCUT2D eigenvalue weighted by molar-refractivity contribution is 6.45. The van der Waals surface area contributed by atoms with Gasteiger partial charge in [-0.05, 0) is 70.3 Å². The maximum absolute atomic E-state index is 8.67. The van der Waals surface area contributed by atoms with Gasteiger partial charge in [-0.2, -0.15) is 0 Å². The first kappa shape index (κ1) is 27.5.